The van der Waals surface area contributed by atoms with E-state index in [4.69, 9.17) is 17.2 Å². The summed E-state index contributed by atoms with van der Waals surface area (Å²) in [7, 11) is 3.67. The smallest absolute Gasteiger partial charge is 0.411 e. The molecule has 3 amide bonds. The van der Waals surface area contributed by atoms with Gasteiger partial charge in [-0.05, 0) is 222 Å². The number of anilines is 6. The molecule has 9 rings (SSSR count). The fourth-order valence-electron chi connectivity index (χ4n) is 8.88. The predicted molar refractivity (Wildman–Crippen MR) is 418 cm³/mol. The van der Waals surface area contributed by atoms with Crippen molar-refractivity contribution in [3.8, 4) is 0 Å². The van der Waals surface area contributed by atoms with E-state index in [0.717, 1.165) is 66.2 Å². The second-order valence-corrected chi connectivity index (χ2v) is 31.3. The molecule has 10 N–H and O–H groups in total. The number of nitrogen functional groups attached to an aromatic ring is 3. The monoisotopic (exact) mass is 1660 g/mol. The Morgan fingerprint density at radius 1 is 0.388 bits per heavy atom. The van der Waals surface area contributed by atoms with Crippen LogP contribution in [0.4, 0.5) is 83.6 Å². The van der Waals surface area contributed by atoms with Gasteiger partial charge in [0.25, 0.3) is 0 Å². The van der Waals surface area contributed by atoms with Crippen LogP contribution in [0.15, 0.2) is 158 Å². The molecule has 0 saturated heterocycles. The fourth-order valence-corrected chi connectivity index (χ4v) is 10.1. The molecule has 562 valence electrons. The number of benzene rings is 8. The summed E-state index contributed by atoms with van der Waals surface area (Å²) >= 11 is 4.18. The number of halogens is 10. The van der Waals surface area contributed by atoms with Crippen molar-refractivity contribution in [3.05, 3.63) is 245 Å². The van der Waals surface area contributed by atoms with Crippen molar-refractivity contribution in [1.82, 2.24) is 0 Å². The number of nitrogens with two attached hydrogens (primary N) is 3. The van der Waals surface area contributed by atoms with Gasteiger partial charge in [0.15, 0.2) is 0 Å². The summed E-state index contributed by atoms with van der Waals surface area (Å²) in [5.41, 5.74) is 21.5. The van der Waals surface area contributed by atoms with E-state index >= 15 is 0 Å². The molecule has 0 aliphatic heterocycles. The molecule has 1 fully saturated rings. The Bertz CT molecular complexity index is 3910. The highest BCUT2D eigenvalue weighted by Crippen LogP contribution is 2.39. The molecule has 23 heteroatoms. The number of rotatable bonds is 4. The van der Waals surface area contributed by atoms with Crippen molar-refractivity contribution in [3.63, 3.8) is 0 Å². The van der Waals surface area contributed by atoms with E-state index in [1.54, 1.807) is 48.5 Å². The number of ether oxygens (including phenoxy) is 3. The molecule has 0 radical (unpaired) electrons. The van der Waals surface area contributed by atoms with E-state index in [1.165, 1.54) is 113 Å². The quantitative estimate of drug-likeness (QED) is 0.0383. The topological polar surface area (TPSA) is 213 Å². The summed E-state index contributed by atoms with van der Waals surface area (Å²) < 4.78 is 119. The first-order chi connectivity index (χ1) is 47.6. The highest BCUT2D eigenvalue weighted by atomic mass is 127. The van der Waals surface area contributed by atoms with Crippen LogP contribution < -0.4 is 33.2 Å². The molecule has 8 aromatic carbocycles. The minimum atomic E-state index is -0.819. The molecule has 0 unspecified atom stereocenters. The maximum Gasteiger partial charge on any atom is 0.411 e. The highest BCUT2D eigenvalue weighted by molar-refractivity contribution is 14.1. The summed E-state index contributed by atoms with van der Waals surface area (Å²) in [6.07, 6.45) is 2.68. The van der Waals surface area contributed by atoms with Crippen LogP contribution in [0, 0.1) is 53.7 Å². The lowest BCUT2D eigenvalue weighted by atomic mass is 9.77. The van der Waals surface area contributed by atoms with Gasteiger partial charge in [-0.2, -0.15) is 0 Å². The third-order valence-electron chi connectivity index (χ3n) is 15.3. The highest BCUT2D eigenvalue weighted by Gasteiger charge is 2.33. The first-order valence-corrected chi connectivity index (χ1v) is 34.9. The van der Waals surface area contributed by atoms with Gasteiger partial charge in [0.1, 0.15) is 46.5 Å². The molecule has 103 heavy (non-hydrogen) atoms. The molecule has 1 aliphatic rings. The number of hydrogen-bond donors (Lipinski definition) is 7. The first kappa shape index (κ1) is 90.9. The Morgan fingerprint density at radius 3 is 1.10 bits per heavy atom. The SMILES string of the molecule is CC(C)(C)c1cc(F)c(N)c(I)c1.CC(C)(C)c1cc(F)cc(C2(O)CCCCC2)c1.CC(C)(C)c1cc(F)cc(I)c1.CC(C)(C)c1ccc(N)c(F)c1.COC(=O)Nc1ccc(C(C)(C)C)cc1F.COC(=O)Nc1ccccc1F.COC(=O)Nc1ccccc1F.Nc1ccccc1F. The maximum atomic E-state index is 13.8. The van der Waals surface area contributed by atoms with E-state index < -0.39 is 41.3 Å². The lowest BCUT2D eigenvalue weighted by molar-refractivity contribution is -0.00101. The van der Waals surface area contributed by atoms with Gasteiger partial charge in [-0.15, -0.1) is 0 Å². The zero-order valence-corrected chi connectivity index (χ0v) is 66.3. The number of carbonyl (C=O) groups excluding carboxylic acids is 3. The van der Waals surface area contributed by atoms with Gasteiger partial charge >= 0.3 is 18.3 Å². The van der Waals surface area contributed by atoms with Crippen molar-refractivity contribution < 1.29 is 68.8 Å². The van der Waals surface area contributed by atoms with Crippen LogP contribution in [0.3, 0.4) is 0 Å². The van der Waals surface area contributed by atoms with E-state index in [9.17, 15) is 54.6 Å². The van der Waals surface area contributed by atoms with Gasteiger partial charge in [0.05, 0.1) is 61.1 Å². The number of para-hydroxylation sites is 3. The summed E-state index contributed by atoms with van der Waals surface area (Å²) in [5, 5.41) is 17.4. The van der Waals surface area contributed by atoms with Crippen LogP contribution >= 0.6 is 45.2 Å². The van der Waals surface area contributed by atoms with Crippen LogP contribution in [-0.4, -0.2) is 44.7 Å². The van der Waals surface area contributed by atoms with Crippen LogP contribution in [0.2, 0.25) is 0 Å². The largest absolute Gasteiger partial charge is 0.453 e. The van der Waals surface area contributed by atoms with Crippen LogP contribution in [0.5, 0.6) is 0 Å². The molecule has 0 aromatic heterocycles. The first-order valence-electron chi connectivity index (χ1n) is 32.7. The van der Waals surface area contributed by atoms with Gasteiger partial charge in [-0.3, -0.25) is 16.0 Å². The summed E-state index contributed by atoms with van der Waals surface area (Å²) in [6.45, 7) is 30.7. The third-order valence-corrected chi connectivity index (χ3v) is 16.8. The Balaban J connectivity index is 0.000000403. The fraction of sp³-hybridized carbons (Fsp3) is 0.362. The van der Waals surface area contributed by atoms with E-state index in [-0.39, 0.29) is 90.3 Å². The Kier molecular flexibility index (Phi) is 36.5. The Morgan fingerprint density at radius 2 is 0.738 bits per heavy atom. The summed E-state index contributed by atoms with van der Waals surface area (Å²) in [5.74, 6) is -2.82. The lowest BCUT2D eigenvalue weighted by Gasteiger charge is -2.33. The van der Waals surface area contributed by atoms with Crippen LogP contribution in [0.25, 0.3) is 0 Å². The predicted octanol–water partition coefficient (Wildman–Crippen LogP) is 22.7. The van der Waals surface area contributed by atoms with Crippen LogP contribution in [-0.2, 0) is 46.9 Å². The zero-order valence-electron chi connectivity index (χ0n) is 62.0. The average Bonchev–Trinajstić information content (AvgIpc) is 0.797. The number of methoxy groups -OCH3 is 3. The van der Waals surface area contributed by atoms with Crippen molar-refractivity contribution in [1.29, 1.82) is 0 Å². The molecule has 13 nitrogen and oxygen atoms in total. The molecule has 0 atom stereocenters. The minimum absolute atomic E-state index is 0.0193. The van der Waals surface area contributed by atoms with Gasteiger partial charge < -0.3 is 36.5 Å². The number of nitrogens with one attached hydrogen (secondary N) is 3. The number of carbonyl (C=O) groups is 3. The number of hydrogen-bond acceptors (Lipinski definition) is 10. The van der Waals surface area contributed by atoms with Crippen molar-refractivity contribution in [2.24, 2.45) is 0 Å². The number of amides is 3. The van der Waals surface area contributed by atoms with Gasteiger partial charge in [-0.1, -0.05) is 178 Å². The maximum absolute atomic E-state index is 13.8. The molecular weight excluding hydrogens is 1560 g/mol. The lowest BCUT2D eigenvalue weighted by Crippen LogP contribution is -2.29. The van der Waals surface area contributed by atoms with E-state index in [0.29, 0.717) is 0 Å². The second-order valence-electron chi connectivity index (χ2n) is 28.8. The average molecular weight is 1660 g/mol. The molecule has 1 saturated carbocycles. The molecule has 0 heterocycles. The molecule has 0 bridgehead atoms. The molecular formula is C80H100F8I2N6O7. The molecule has 1 aliphatic carbocycles. The Hall–Kier alpha value is -8.17. The van der Waals surface area contributed by atoms with Gasteiger partial charge in [0.2, 0.25) is 0 Å². The summed E-state index contributed by atoms with van der Waals surface area (Å²) in [6, 6.07) is 41.2. The van der Waals surface area contributed by atoms with Gasteiger partial charge in [0, 0.05) is 7.14 Å². The van der Waals surface area contributed by atoms with Crippen molar-refractivity contribution >= 4 is 97.6 Å². The van der Waals surface area contributed by atoms with Gasteiger partial charge in [-0.25, -0.2) is 49.5 Å². The van der Waals surface area contributed by atoms with Crippen molar-refractivity contribution in [2.75, 3.05) is 54.5 Å². The molecule has 8 aromatic rings. The third kappa shape index (κ3) is 33.0. The standard InChI is InChI=1S/C16H23FO.C12H16FNO2.C10H13FIN.C10H12FI.C10H14FN.2C8H8FNO2.C6H6FN/c1-15(2,3)12-9-13(11-14(17)10-12)16(18)7-5-4-6-8-16;1-12(2,3)8-5-6-10(9(13)7-8)14-11(15)16-4;1-10(2,3)6-4-7(11)9(13)8(12)5-6;1-10(2,3)7-4-8(11)6-9(12)5-7;1-10(2,3)7-4-5-9(12)8(11)6-7;2*1-12-8(11)10-7-5-3-2-4-6(7)9;7-5-3-1-2-4-6(5)8/h9-11,18H,4-8H2,1-3H3;5-7H,1-4H3,(H,14,15);4-5H,13H2,1-3H3;4-6H,1-3H3;4-6H,12H2,1-3H3;2*2-5H,1H3,(H,10,11);1-4H,8H2. The second kappa shape index (κ2) is 41.4. The molecule has 0 spiro atoms. The Labute approximate surface area is 630 Å². The van der Waals surface area contributed by atoms with Crippen LogP contribution in [0.1, 0.15) is 169 Å². The zero-order chi connectivity index (χ0) is 78.6. The van der Waals surface area contributed by atoms with Crippen molar-refractivity contribution in [2.45, 2.75) is 169 Å². The van der Waals surface area contributed by atoms with E-state index in [1.807, 2.05) is 86.6 Å². The number of aliphatic hydroxyl groups is 1. The van der Waals surface area contributed by atoms with E-state index in [2.05, 4.69) is 117 Å². The summed E-state index contributed by atoms with van der Waals surface area (Å²) in [4.78, 5) is 32.2. The minimum Gasteiger partial charge on any atom is -0.453 e. The normalized spacial score (nSPS) is 12.2.